The second kappa shape index (κ2) is 7.04. The van der Waals surface area contributed by atoms with E-state index in [2.05, 4.69) is 5.10 Å². The van der Waals surface area contributed by atoms with Gasteiger partial charge >= 0.3 is 5.97 Å². The summed E-state index contributed by atoms with van der Waals surface area (Å²) in [6.45, 7) is 4.57. The quantitative estimate of drug-likeness (QED) is 0.859. The fraction of sp³-hybridized carbons (Fsp3) is 0.476. The number of carboxylic acids is 1. The van der Waals surface area contributed by atoms with E-state index in [-0.39, 0.29) is 24.1 Å². The normalized spacial score (nSPS) is 21.9. The number of amides is 1. The van der Waals surface area contributed by atoms with Gasteiger partial charge in [-0.1, -0.05) is 0 Å². The number of nitrogens with zero attached hydrogens (tertiary/aromatic N) is 3. The third kappa shape index (κ3) is 3.41. The van der Waals surface area contributed by atoms with Crippen molar-refractivity contribution < 1.29 is 19.1 Å². The van der Waals surface area contributed by atoms with Crippen molar-refractivity contribution in [2.45, 2.75) is 33.1 Å². The Morgan fingerprint density at radius 1 is 1.18 bits per heavy atom. The number of likely N-dealkylation sites (tertiary alicyclic amines) is 1. The third-order valence-corrected chi connectivity index (χ3v) is 6.10. The summed E-state index contributed by atoms with van der Waals surface area (Å²) in [5.41, 5.74) is 3.17. The van der Waals surface area contributed by atoms with E-state index in [0.717, 1.165) is 35.5 Å². The molecule has 2 heterocycles. The fourth-order valence-electron chi connectivity index (χ4n) is 4.32. The first-order valence-corrected chi connectivity index (χ1v) is 9.66. The lowest BCUT2D eigenvalue weighted by Gasteiger charge is -2.16. The maximum absolute atomic E-state index is 13.2. The topological polar surface area (TPSA) is 75.4 Å². The summed E-state index contributed by atoms with van der Waals surface area (Å²) in [5, 5.41) is 14.0. The maximum Gasteiger partial charge on any atom is 0.308 e. The molecule has 6 nitrogen and oxygen atoms in total. The zero-order valence-electron chi connectivity index (χ0n) is 16.1. The van der Waals surface area contributed by atoms with Crippen molar-refractivity contribution in [3.8, 4) is 5.69 Å². The number of hydrogen-bond donors (Lipinski definition) is 1. The Hall–Kier alpha value is -2.70. The molecule has 0 radical (unpaired) electrons. The van der Waals surface area contributed by atoms with Gasteiger partial charge in [-0.25, -0.2) is 9.07 Å². The number of carbonyl (C=O) groups is 2. The Labute approximate surface area is 163 Å². The van der Waals surface area contributed by atoms with Crippen LogP contribution in [-0.2, 0) is 16.0 Å². The molecule has 148 valence electrons. The molecule has 28 heavy (non-hydrogen) atoms. The van der Waals surface area contributed by atoms with Crippen molar-refractivity contribution in [3.63, 3.8) is 0 Å². The molecule has 1 amide bonds. The van der Waals surface area contributed by atoms with Crippen LogP contribution in [0.1, 0.15) is 29.8 Å². The van der Waals surface area contributed by atoms with Crippen LogP contribution in [0.15, 0.2) is 24.3 Å². The van der Waals surface area contributed by atoms with Gasteiger partial charge in [0.05, 0.1) is 23.7 Å². The number of rotatable bonds is 5. The average Bonchev–Trinajstić information content (AvgIpc) is 3.34. The van der Waals surface area contributed by atoms with E-state index in [9.17, 15) is 19.1 Å². The van der Waals surface area contributed by atoms with E-state index in [1.54, 1.807) is 21.7 Å². The second-order valence-electron chi connectivity index (χ2n) is 7.96. The molecule has 1 saturated carbocycles. The Morgan fingerprint density at radius 2 is 1.86 bits per heavy atom. The van der Waals surface area contributed by atoms with Crippen molar-refractivity contribution in [1.82, 2.24) is 14.7 Å². The number of benzene rings is 1. The summed E-state index contributed by atoms with van der Waals surface area (Å²) in [7, 11) is 0. The van der Waals surface area contributed by atoms with Gasteiger partial charge in [-0.2, -0.15) is 5.10 Å². The lowest BCUT2D eigenvalue weighted by Crippen LogP contribution is -2.31. The molecule has 2 atom stereocenters. The molecule has 1 saturated heterocycles. The van der Waals surface area contributed by atoms with Crippen LogP contribution in [0.5, 0.6) is 0 Å². The van der Waals surface area contributed by atoms with Crippen molar-refractivity contribution >= 4 is 11.9 Å². The van der Waals surface area contributed by atoms with Gasteiger partial charge in [0.2, 0.25) is 5.91 Å². The number of hydrogen-bond acceptors (Lipinski definition) is 3. The highest BCUT2D eigenvalue weighted by molar-refractivity contribution is 5.81. The van der Waals surface area contributed by atoms with Gasteiger partial charge in [0, 0.05) is 24.3 Å². The minimum Gasteiger partial charge on any atom is -0.481 e. The summed E-state index contributed by atoms with van der Waals surface area (Å²) in [5.74, 6) is -1.11. The van der Waals surface area contributed by atoms with Crippen LogP contribution in [0.2, 0.25) is 0 Å². The van der Waals surface area contributed by atoms with Crippen LogP contribution in [-0.4, -0.2) is 44.8 Å². The number of halogens is 1. The summed E-state index contributed by atoms with van der Waals surface area (Å²) in [6.07, 6.45) is 2.33. The van der Waals surface area contributed by atoms with Gasteiger partial charge in [0.25, 0.3) is 0 Å². The molecule has 7 heteroatoms. The number of aromatic nitrogens is 2. The van der Waals surface area contributed by atoms with Crippen molar-refractivity contribution in [2.24, 2.45) is 17.8 Å². The standard InChI is InChI=1S/C21H24FN3O3/c1-12-17(13(2)25(23-12)16-7-5-15(22)6-8-16)9-20(26)24-10-18(14-3-4-14)19(11-24)21(27)28/h5-8,14,18-19H,3-4,9-11H2,1-2H3,(H,27,28)/t18-,19+/m1/s1. The molecule has 1 aliphatic carbocycles. The molecule has 1 N–H and O–H groups in total. The molecular weight excluding hydrogens is 361 g/mol. The zero-order valence-corrected chi connectivity index (χ0v) is 16.1. The zero-order chi connectivity index (χ0) is 20.0. The first-order valence-electron chi connectivity index (χ1n) is 9.66. The highest BCUT2D eigenvalue weighted by Gasteiger charge is 2.46. The second-order valence-corrected chi connectivity index (χ2v) is 7.96. The average molecular weight is 385 g/mol. The monoisotopic (exact) mass is 385 g/mol. The SMILES string of the molecule is Cc1nn(-c2ccc(F)cc2)c(C)c1CC(=O)N1C[C@H](C(=O)O)[C@@H](C2CC2)C1. The third-order valence-electron chi connectivity index (χ3n) is 6.10. The predicted octanol–water partition coefficient (Wildman–Crippen LogP) is 2.74. The van der Waals surface area contributed by atoms with E-state index in [4.69, 9.17) is 0 Å². The molecule has 2 aliphatic rings. The Bertz CT molecular complexity index is 918. The van der Waals surface area contributed by atoms with E-state index < -0.39 is 11.9 Å². The van der Waals surface area contributed by atoms with Crippen LogP contribution in [0.3, 0.4) is 0 Å². The van der Waals surface area contributed by atoms with Crippen molar-refractivity contribution in [2.75, 3.05) is 13.1 Å². The minimum atomic E-state index is -0.802. The predicted molar refractivity (Wildman–Crippen MR) is 101 cm³/mol. The lowest BCUT2D eigenvalue weighted by molar-refractivity contribution is -0.142. The van der Waals surface area contributed by atoms with Crippen LogP contribution in [0.25, 0.3) is 5.69 Å². The van der Waals surface area contributed by atoms with Crippen LogP contribution >= 0.6 is 0 Å². The highest BCUT2D eigenvalue weighted by atomic mass is 19.1. The summed E-state index contributed by atoms with van der Waals surface area (Å²) < 4.78 is 14.9. The molecule has 0 unspecified atom stereocenters. The molecule has 0 spiro atoms. The maximum atomic E-state index is 13.2. The summed E-state index contributed by atoms with van der Waals surface area (Å²) in [4.78, 5) is 26.2. The van der Waals surface area contributed by atoms with Gasteiger partial charge < -0.3 is 10.0 Å². The Kier molecular flexibility index (Phi) is 4.69. The summed E-state index contributed by atoms with van der Waals surface area (Å²) in [6, 6.07) is 6.06. The molecule has 2 fully saturated rings. The Balaban J connectivity index is 1.52. The van der Waals surface area contributed by atoms with E-state index in [0.29, 0.717) is 19.0 Å². The van der Waals surface area contributed by atoms with E-state index >= 15 is 0 Å². The van der Waals surface area contributed by atoms with Gasteiger partial charge in [-0.3, -0.25) is 9.59 Å². The summed E-state index contributed by atoms with van der Waals surface area (Å²) >= 11 is 0. The molecule has 1 aliphatic heterocycles. The largest absolute Gasteiger partial charge is 0.481 e. The molecule has 0 bridgehead atoms. The molecule has 2 aromatic rings. The number of aliphatic carboxylic acids is 1. The Morgan fingerprint density at radius 3 is 2.46 bits per heavy atom. The molecule has 4 rings (SSSR count). The number of aryl methyl sites for hydroxylation is 1. The van der Waals surface area contributed by atoms with E-state index in [1.807, 2.05) is 13.8 Å². The number of carbonyl (C=O) groups excluding carboxylic acids is 1. The van der Waals surface area contributed by atoms with Crippen LogP contribution in [0.4, 0.5) is 4.39 Å². The van der Waals surface area contributed by atoms with Gasteiger partial charge in [-0.05, 0) is 62.8 Å². The molecular formula is C21H24FN3O3. The van der Waals surface area contributed by atoms with Crippen LogP contribution < -0.4 is 0 Å². The fourth-order valence-corrected chi connectivity index (χ4v) is 4.32. The smallest absolute Gasteiger partial charge is 0.308 e. The first kappa shape index (κ1) is 18.7. The van der Waals surface area contributed by atoms with Crippen molar-refractivity contribution in [3.05, 3.63) is 47.0 Å². The first-order chi connectivity index (χ1) is 13.3. The lowest BCUT2D eigenvalue weighted by atomic mass is 9.92. The van der Waals surface area contributed by atoms with Gasteiger partial charge in [-0.15, -0.1) is 0 Å². The number of carboxylic acid groups (broad SMARTS) is 1. The minimum absolute atomic E-state index is 0.0562. The molecule has 1 aromatic carbocycles. The van der Waals surface area contributed by atoms with Gasteiger partial charge in [0.15, 0.2) is 0 Å². The van der Waals surface area contributed by atoms with Crippen LogP contribution in [0, 0.1) is 37.4 Å². The van der Waals surface area contributed by atoms with Gasteiger partial charge in [0.1, 0.15) is 5.82 Å². The van der Waals surface area contributed by atoms with E-state index in [1.165, 1.54) is 12.1 Å². The van der Waals surface area contributed by atoms with Crippen molar-refractivity contribution in [1.29, 1.82) is 0 Å². The molecule has 1 aromatic heterocycles. The highest BCUT2D eigenvalue weighted by Crippen LogP contribution is 2.44.